The first-order chi connectivity index (χ1) is 9.41. The second-order valence-electron chi connectivity index (χ2n) is 4.28. The highest BCUT2D eigenvalue weighted by Crippen LogP contribution is 2.26. The van der Waals surface area contributed by atoms with Crippen LogP contribution in [-0.2, 0) is 27.8 Å². The average molecular weight is 334 g/mol. The Bertz CT molecular complexity index is 693. The maximum absolute atomic E-state index is 12.2. The van der Waals surface area contributed by atoms with Gasteiger partial charge in [0.15, 0.2) is 9.84 Å². The molecule has 5 nitrogen and oxygen atoms in total. The molecule has 1 aromatic carbocycles. The van der Waals surface area contributed by atoms with Gasteiger partial charge in [-0.1, -0.05) is 36.2 Å². The number of aromatic nitrogens is 3. The molecule has 0 spiro atoms. The molecule has 0 atom stereocenters. The van der Waals surface area contributed by atoms with E-state index in [1.54, 1.807) is 18.2 Å². The summed E-state index contributed by atoms with van der Waals surface area (Å²) in [5.41, 5.74) is 0.408. The number of hydrogen-bond donors (Lipinski definition) is 1. The van der Waals surface area contributed by atoms with E-state index in [2.05, 4.69) is 15.2 Å². The van der Waals surface area contributed by atoms with Crippen molar-refractivity contribution >= 4 is 33.0 Å². The Labute approximate surface area is 127 Å². The van der Waals surface area contributed by atoms with Gasteiger partial charge in [-0.3, -0.25) is 5.10 Å². The number of aromatic amines is 1. The molecule has 0 aliphatic heterocycles. The molecule has 2 rings (SSSR count). The summed E-state index contributed by atoms with van der Waals surface area (Å²) in [7, 11) is -3.43. The quantitative estimate of drug-likeness (QED) is 0.912. The van der Waals surface area contributed by atoms with E-state index in [0.717, 1.165) is 0 Å². The summed E-state index contributed by atoms with van der Waals surface area (Å²) < 4.78 is 24.3. The van der Waals surface area contributed by atoms with Gasteiger partial charge in [-0.05, 0) is 12.1 Å². The van der Waals surface area contributed by atoms with Crippen LogP contribution in [0.2, 0.25) is 10.0 Å². The molecule has 2 aromatic rings. The van der Waals surface area contributed by atoms with Gasteiger partial charge in [-0.15, -0.1) is 0 Å². The summed E-state index contributed by atoms with van der Waals surface area (Å²) in [4.78, 5) is 4.09. The van der Waals surface area contributed by atoms with E-state index in [4.69, 9.17) is 23.2 Å². The zero-order valence-electron chi connectivity index (χ0n) is 10.7. The third-order valence-corrected chi connectivity index (χ3v) is 4.83. The topological polar surface area (TPSA) is 75.7 Å². The molecule has 0 amide bonds. The van der Waals surface area contributed by atoms with Crippen molar-refractivity contribution in [2.24, 2.45) is 0 Å². The molecular weight excluding hydrogens is 321 g/mol. The number of nitrogens with zero attached hydrogens (tertiary/aromatic N) is 2. The highest BCUT2D eigenvalue weighted by molar-refractivity contribution is 7.89. The van der Waals surface area contributed by atoms with E-state index >= 15 is 0 Å². The van der Waals surface area contributed by atoms with Crippen LogP contribution in [0.25, 0.3) is 0 Å². The van der Waals surface area contributed by atoms with Gasteiger partial charge in [0.1, 0.15) is 17.4 Å². The van der Waals surface area contributed by atoms with Crippen LogP contribution < -0.4 is 0 Å². The van der Waals surface area contributed by atoms with Crippen molar-refractivity contribution in [3.05, 3.63) is 45.5 Å². The lowest BCUT2D eigenvalue weighted by Crippen LogP contribution is -2.09. The molecule has 108 valence electrons. The first-order valence-corrected chi connectivity index (χ1v) is 8.52. The molecule has 0 radical (unpaired) electrons. The number of nitrogens with one attached hydrogen (secondary N) is 1. The first-order valence-electron chi connectivity index (χ1n) is 5.94. The fourth-order valence-electron chi connectivity index (χ4n) is 1.71. The largest absolute Gasteiger partial charge is 0.262 e. The number of halogens is 2. The van der Waals surface area contributed by atoms with E-state index in [9.17, 15) is 8.42 Å². The maximum Gasteiger partial charge on any atom is 0.161 e. The molecule has 0 unspecified atom stereocenters. The Morgan fingerprint density at radius 1 is 1.20 bits per heavy atom. The lowest BCUT2D eigenvalue weighted by Gasteiger charge is -2.07. The summed E-state index contributed by atoms with van der Waals surface area (Å²) in [5, 5.41) is 7.21. The van der Waals surface area contributed by atoms with Crippen molar-refractivity contribution in [1.82, 2.24) is 15.2 Å². The fraction of sp³-hybridized carbons (Fsp3) is 0.333. The Balaban J connectivity index is 2.19. The van der Waals surface area contributed by atoms with Gasteiger partial charge in [-0.2, -0.15) is 5.10 Å². The first kappa shape index (κ1) is 15.3. The molecule has 0 bridgehead atoms. The molecular formula is C12H13Cl2N3O2S. The van der Waals surface area contributed by atoms with Gasteiger partial charge in [-0.25, -0.2) is 13.4 Å². The van der Waals surface area contributed by atoms with Gasteiger partial charge >= 0.3 is 0 Å². The average Bonchev–Trinajstić information content (AvgIpc) is 2.81. The van der Waals surface area contributed by atoms with Crippen molar-refractivity contribution < 1.29 is 8.42 Å². The van der Waals surface area contributed by atoms with Gasteiger partial charge in [0.25, 0.3) is 0 Å². The number of benzene rings is 1. The van der Waals surface area contributed by atoms with Gasteiger partial charge < -0.3 is 0 Å². The predicted octanol–water partition coefficient (Wildman–Crippen LogP) is 2.79. The molecule has 0 saturated carbocycles. The normalized spacial score (nSPS) is 11.8. The minimum atomic E-state index is -3.43. The van der Waals surface area contributed by atoms with Crippen molar-refractivity contribution in [2.75, 3.05) is 0 Å². The van der Waals surface area contributed by atoms with Crippen molar-refractivity contribution in [2.45, 2.75) is 24.9 Å². The molecule has 8 heteroatoms. The van der Waals surface area contributed by atoms with Gasteiger partial charge in [0.05, 0.1) is 5.75 Å². The lowest BCUT2D eigenvalue weighted by molar-refractivity contribution is 0.593. The summed E-state index contributed by atoms with van der Waals surface area (Å²) in [5.74, 6) is 0.464. The standard InChI is InChI=1S/C12H13Cl2N3O2S/c1-2-11-15-12(17-16-11)7-20(18,19)6-8-9(13)4-3-5-10(8)14/h3-5H,2,6-7H2,1H3,(H,15,16,17). The number of hydrogen-bond acceptors (Lipinski definition) is 4. The summed E-state index contributed by atoms with van der Waals surface area (Å²) >= 11 is 12.0. The maximum atomic E-state index is 12.2. The Hall–Kier alpha value is -1.11. The molecule has 0 saturated heterocycles. The monoisotopic (exact) mass is 333 g/mol. The van der Waals surface area contributed by atoms with Crippen LogP contribution in [0.3, 0.4) is 0 Å². The SMILES string of the molecule is CCc1n[nH]c(CS(=O)(=O)Cc2c(Cl)cccc2Cl)n1. The summed E-state index contributed by atoms with van der Waals surface area (Å²) in [6, 6.07) is 4.90. The lowest BCUT2D eigenvalue weighted by atomic mass is 10.2. The number of sulfone groups is 1. The smallest absolute Gasteiger partial charge is 0.161 e. The minimum Gasteiger partial charge on any atom is -0.262 e. The molecule has 0 aliphatic carbocycles. The second kappa shape index (κ2) is 6.11. The van der Waals surface area contributed by atoms with E-state index in [-0.39, 0.29) is 11.5 Å². The molecule has 1 aromatic heterocycles. The third-order valence-electron chi connectivity index (χ3n) is 2.68. The number of rotatable bonds is 5. The predicted molar refractivity (Wildman–Crippen MR) is 78.6 cm³/mol. The molecule has 1 N–H and O–H groups in total. The summed E-state index contributed by atoms with van der Waals surface area (Å²) in [6.45, 7) is 1.89. The fourth-order valence-corrected chi connectivity index (χ4v) is 3.80. The zero-order chi connectivity index (χ0) is 14.8. The van der Waals surface area contributed by atoms with Crippen molar-refractivity contribution in [1.29, 1.82) is 0 Å². The molecule has 0 aliphatic rings. The van der Waals surface area contributed by atoms with Gasteiger partial charge in [0, 0.05) is 22.0 Å². The van der Waals surface area contributed by atoms with E-state index < -0.39 is 9.84 Å². The number of H-pyrrole nitrogens is 1. The van der Waals surface area contributed by atoms with Crippen LogP contribution >= 0.6 is 23.2 Å². The van der Waals surface area contributed by atoms with Crippen LogP contribution in [0.4, 0.5) is 0 Å². The van der Waals surface area contributed by atoms with Crippen LogP contribution in [0.5, 0.6) is 0 Å². The van der Waals surface area contributed by atoms with E-state index in [1.807, 2.05) is 6.92 Å². The Morgan fingerprint density at radius 2 is 1.85 bits per heavy atom. The Morgan fingerprint density at radius 3 is 2.40 bits per heavy atom. The van der Waals surface area contributed by atoms with Crippen molar-refractivity contribution in [3.8, 4) is 0 Å². The van der Waals surface area contributed by atoms with E-state index in [0.29, 0.717) is 33.7 Å². The minimum absolute atomic E-state index is 0.221. The van der Waals surface area contributed by atoms with Crippen molar-refractivity contribution in [3.63, 3.8) is 0 Å². The molecule has 1 heterocycles. The second-order valence-corrected chi connectivity index (χ2v) is 7.16. The van der Waals surface area contributed by atoms with Crippen LogP contribution in [-0.4, -0.2) is 23.6 Å². The highest BCUT2D eigenvalue weighted by atomic mass is 35.5. The Kier molecular flexibility index (Phi) is 4.67. The van der Waals surface area contributed by atoms with Crippen LogP contribution in [0, 0.1) is 0 Å². The van der Waals surface area contributed by atoms with Crippen LogP contribution in [0.1, 0.15) is 24.1 Å². The summed E-state index contributed by atoms with van der Waals surface area (Å²) in [6.07, 6.45) is 0.646. The van der Waals surface area contributed by atoms with Crippen LogP contribution in [0.15, 0.2) is 18.2 Å². The molecule has 20 heavy (non-hydrogen) atoms. The zero-order valence-corrected chi connectivity index (χ0v) is 13.1. The van der Waals surface area contributed by atoms with E-state index in [1.165, 1.54) is 0 Å². The number of aryl methyl sites for hydroxylation is 1. The van der Waals surface area contributed by atoms with Gasteiger partial charge in [0.2, 0.25) is 0 Å². The third kappa shape index (κ3) is 3.71. The highest BCUT2D eigenvalue weighted by Gasteiger charge is 2.19. The molecule has 0 fully saturated rings.